The summed E-state index contributed by atoms with van der Waals surface area (Å²) in [6, 6.07) is 0. The highest BCUT2D eigenvalue weighted by molar-refractivity contribution is 5.99. The molecule has 2 aliphatic rings. The average Bonchev–Trinajstić information content (AvgIpc) is 2.55. The fourth-order valence-corrected chi connectivity index (χ4v) is 1.00. The van der Waals surface area contributed by atoms with Crippen molar-refractivity contribution in [2.45, 2.75) is 12.2 Å². The zero-order valence-electron chi connectivity index (χ0n) is 6.42. The Morgan fingerprint density at radius 1 is 0.714 bits per heavy atom. The normalized spacial score (nSPS) is 30.9. The molecule has 8 heteroatoms. The fraction of sp³-hybridized carbons (Fsp3) is 0.333. The van der Waals surface area contributed by atoms with Crippen LogP contribution in [0.2, 0.25) is 0 Å². The van der Waals surface area contributed by atoms with Crippen LogP contribution in [0.4, 0.5) is 9.59 Å². The van der Waals surface area contributed by atoms with Gasteiger partial charge in [0.05, 0.1) is 0 Å². The Morgan fingerprint density at radius 2 is 1.07 bits per heavy atom. The van der Waals surface area contributed by atoms with E-state index in [0.717, 1.165) is 0 Å². The van der Waals surface area contributed by atoms with Gasteiger partial charge in [-0.1, -0.05) is 0 Å². The van der Waals surface area contributed by atoms with Gasteiger partial charge in [0.1, 0.15) is 0 Å². The molecule has 0 aromatic carbocycles. The van der Waals surface area contributed by atoms with Crippen molar-refractivity contribution in [2.24, 2.45) is 0 Å². The van der Waals surface area contributed by atoms with Gasteiger partial charge >= 0.3 is 24.2 Å². The van der Waals surface area contributed by atoms with Crippen LogP contribution in [0.3, 0.4) is 0 Å². The molecule has 74 valence electrons. The third-order valence-corrected chi connectivity index (χ3v) is 1.55. The molecule has 2 atom stereocenters. The minimum atomic E-state index is -1.57. The number of carbonyl (C=O) groups excluding carboxylic acids is 4. The number of carbonyl (C=O) groups is 4. The maximum Gasteiger partial charge on any atom is 0.517 e. The highest BCUT2D eigenvalue weighted by Crippen LogP contribution is 2.20. The molecule has 0 N–H and O–H groups in total. The first-order valence-corrected chi connectivity index (χ1v) is 3.42. The molecule has 2 heterocycles. The van der Waals surface area contributed by atoms with Gasteiger partial charge < -0.3 is 18.9 Å². The Labute approximate surface area is 75.7 Å². The number of rotatable bonds is 1. The number of cyclic esters (lactones) is 6. The van der Waals surface area contributed by atoms with E-state index in [0.29, 0.717) is 0 Å². The molecule has 2 aliphatic heterocycles. The minimum absolute atomic E-state index is 1.09. The van der Waals surface area contributed by atoms with Crippen molar-refractivity contribution in [2.75, 3.05) is 0 Å². The Hall–Kier alpha value is -2.12. The van der Waals surface area contributed by atoms with E-state index < -0.39 is 36.5 Å². The van der Waals surface area contributed by atoms with Crippen LogP contribution in [-0.4, -0.2) is 36.5 Å². The lowest BCUT2D eigenvalue weighted by molar-refractivity contribution is -0.147. The van der Waals surface area contributed by atoms with E-state index >= 15 is 0 Å². The first kappa shape index (κ1) is 8.48. The van der Waals surface area contributed by atoms with E-state index in [1.54, 1.807) is 0 Å². The fourth-order valence-electron chi connectivity index (χ4n) is 1.00. The molecule has 8 nitrogen and oxygen atoms in total. The largest absolute Gasteiger partial charge is 0.517 e. The second kappa shape index (κ2) is 2.69. The molecule has 14 heavy (non-hydrogen) atoms. The zero-order valence-corrected chi connectivity index (χ0v) is 6.42. The molecule has 0 aromatic heterocycles. The van der Waals surface area contributed by atoms with E-state index in [9.17, 15) is 19.2 Å². The highest BCUT2D eigenvalue weighted by Gasteiger charge is 2.52. The van der Waals surface area contributed by atoms with Gasteiger partial charge in [-0.25, -0.2) is 19.2 Å². The lowest BCUT2D eigenvalue weighted by atomic mass is 10.2. The summed E-state index contributed by atoms with van der Waals surface area (Å²) in [6.45, 7) is 0. The number of esters is 2. The molecule has 0 spiro atoms. The van der Waals surface area contributed by atoms with E-state index in [2.05, 4.69) is 18.9 Å². The Balaban J connectivity index is 2.16. The molecule has 2 rings (SSSR count). The van der Waals surface area contributed by atoms with Gasteiger partial charge in [-0.15, -0.1) is 0 Å². The summed E-state index contributed by atoms with van der Waals surface area (Å²) in [7, 11) is 0. The third kappa shape index (κ3) is 1.16. The molecular weight excluding hydrogens is 200 g/mol. The SMILES string of the molecule is O=C1OC(=O)C(C2OC(=O)OC2=O)O1. The molecular formula is C6H2O8. The predicted octanol–water partition coefficient (Wildman–Crippen LogP) is -0.890. The summed E-state index contributed by atoms with van der Waals surface area (Å²) >= 11 is 0. The third-order valence-electron chi connectivity index (χ3n) is 1.55. The average molecular weight is 202 g/mol. The lowest BCUT2D eigenvalue weighted by Crippen LogP contribution is -2.36. The summed E-state index contributed by atoms with van der Waals surface area (Å²) in [5, 5.41) is 0. The second-order valence-corrected chi connectivity index (χ2v) is 2.42. The van der Waals surface area contributed by atoms with Gasteiger partial charge in [0.25, 0.3) is 12.2 Å². The van der Waals surface area contributed by atoms with Gasteiger partial charge in [0.15, 0.2) is 0 Å². The summed E-state index contributed by atoms with van der Waals surface area (Å²) < 4.78 is 16.5. The summed E-state index contributed by atoms with van der Waals surface area (Å²) in [6.07, 6.45) is -5.62. The van der Waals surface area contributed by atoms with Crippen molar-refractivity contribution in [1.29, 1.82) is 0 Å². The molecule has 0 radical (unpaired) electrons. The Bertz CT molecular complexity index is 310. The number of hydrogen-bond acceptors (Lipinski definition) is 8. The van der Waals surface area contributed by atoms with Crippen molar-refractivity contribution in [3.05, 3.63) is 0 Å². The summed E-state index contributed by atoms with van der Waals surface area (Å²) in [5.41, 5.74) is 0. The first-order valence-electron chi connectivity index (χ1n) is 3.42. The minimum Gasteiger partial charge on any atom is -0.414 e. The second-order valence-electron chi connectivity index (χ2n) is 2.42. The van der Waals surface area contributed by atoms with Gasteiger partial charge in [0.2, 0.25) is 0 Å². The molecule has 2 unspecified atom stereocenters. The highest BCUT2D eigenvalue weighted by atomic mass is 16.8. The maximum absolute atomic E-state index is 10.9. The molecule has 0 bridgehead atoms. The van der Waals surface area contributed by atoms with Crippen molar-refractivity contribution in [3.8, 4) is 0 Å². The monoisotopic (exact) mass is 202 g/mol. The maximum atomic E-state index is 10.9. The van der Waals surface area contributed by atoms with E-state index in [4.69, 9.17) is 0 Å². The topological polar surface area (TPSA) is 105 Å². The molecule has 2 saturated heterocycles. The summed E-state index contributed by atoms with van der Waals surface area (Å²) in [4.78, 5) is 42.6. The van der Waals surface area contributed by atoms with E-state index in [1.165, 1.54) is 0 Å². The quantitative estimate of drug-likeness (QED) is 0.398. The van der Waals surface area contributed by atoms with Crippen molar-refractivity contribution in [1.82, 2.24) is 0 Å². The standard InChI is InChI=1S/C6H2O8/c7-3-1(11-5(9)13-3)2-4(8)14-6(10)12-2/h1-2H. The molecule has 2 fully saturated rings. The number of hydrogen-bond donors (Lipinski definition) is 0. The van der Waals surface area contributed by atoms with Gasteiger partial charge in [0, 0.05) is 0 Å². The van der Waals surface area contributed by atoms with E-state index in [-0.39, 0.29) is 0 Å². The number of ether oxygens (including phenoxy) is 4. The van der Waals surface area contributed by atoms with Gasteiger partial charge in [-0.2, -0.15) is 0 Å². The van der Waals surface area contributed by atoms with Crippen LogP contribution in [-0.2, 0) is 28.5 Å². The van der Waals surface area contributed by atoms with Crippen LogP contribution in [0.25, 0.3) is 0 Å². The van der Waals surface area contributed by atoms with Crippen LogP contribution >= 0.6 is 0 Å². The van der Waals surface area contributed by atoms with Crippen LogP contribution in [0, 0.1) is 0 Å². The molecule has 0 aromatic rings. The Kier molecular flexibility index (Phi) is 1.63. The van der Waals surface area contributed by atoms with Crippen LogP contribution in [0.15, 0.2) is 0 Å². The van der Waals surface area contributed by atoms with Crippen molar-refractivity contribution >= 4 is 24.2 Å². The van der Waals surface area contributed by atoms with Crippen molar-refractivity contribution in [3.63, 3.8) is 0 Å². The van der Waals surface area contributed by atoms with Gasteiger partial charge in [-0.3, -0.25) is 0 Å². The molecule has 0 saturated carbocycles. The smallest absolute Gasteiger partial charge is 0.414 e. The van der Waals surface area contributed by atoms with Crippen LogP contribution < -0.4 is 0 Å². The molecule has 0 amide bonds. The van der Waals surface area contributed by atoms with Gasteiger partial charge in [-0.05, 0) is 0 Å². The predicted molar refractivity (Wildman–Crippen MR) is 32.7 cm³/mol. The van der Waals surface area contributed by atoms with Crippen molar-refractivity contribution < 1.29 is 38.1 Å². The zero-order chi connectivity index (χ0) is 10.3. The summed E-state index contributed by atoms with van der Waals surface area (Å²) in [5.74, 6) is -2.18. The lowest BCUT2D eigenvalue weighted by Gasteiger charge is -2.06. The van der Waals surface area contributed by atoms with Crippen LogP contribution in [0.5, 0.6) is 0 Å². The molecule has 0 aliphatic carbocycles. The van der Waals surface area contributed by atoms with E-state index in [1.807, 2.05) is 0 Å². The first-order chi connectivity index (χ1) is 6.58. The Morgan fingerprint density at radius 3 is 1.29 bits per heavy atom. The van der Waals surface area contributed by atoms with Crippen LogP contribution in [0.1, 0.15) is 0 Å².